The third-order valence-electron chi connectivity index (χ3n) is 1.99. The molecule has 0 amide bonds. The van der Waals surface area contributed by atoms with Gasteiger partial charge in [-0.1, -0.05) is 6.07 Å². The summed E-state index contributed by atoms with van der Waals surface area (Å²) in [5.41, 5.74) is 5.81. The second kappa shape index (κ2) is 5.06. The van der Waals surface area contributed by atoms with Gasteiger partial charge in [-0.3, -0.25) is 4.99 Å². The maximum absolute atomic E-state index is 13.3. The lowest BCUT2D eigenvalue weighted by Gasteiger charge is -2.03. The number of hydrogen-bond acceptors (Lipinski definition) is 3. The lowest BCUT2D eigenvalue weighted by atomic mass is 10.1. The minimum absolute atomic E-state index is 0.365. The van der Waals surface area contributed by atoms with Gasteiger partial charge >= 0.3 is 5.97 Å². The van der Waals surface area contributed by atoms with E-state index in [2.05, 4.69) is 4.99 Å². The SMILES string of the molecule is CN=C(C=CN)c1ccc(C(=O)O)c(F)c1. The first-order chi connectivity index (χ1) is 7.60. The molecule has 0 saturated heterocycles. The average Bonchev–Trinajstić information content (AvgIpc) is 2.25. The highest BCUT2D eigenvalue weighted by molar-refractivity contribution is 6.08. The predicted octanol–water partition coefficient (Wildman–Crippen LogP) is 1.42. The number of benzene rings is 1. The van der Waals surface area contributed by atoms with E-state index in [1.54, 1.807) is 7.05 Å². The lowest BCUT2D eigenvalue weighted by Crippen LogP contribution is -2.04. The summed E-state index contributed by atoms with van der Waals surface area (Å²) >= 11 is 0. The lowest BCUT2D eigenvalue weighted by molar-refractivity contribution is 0.0692. The molecule has 0 radical (unpaired) electrons. The topological polar surface area (TPSA) is 75.7 Å². The van der Waals surface area contributed by atoms with Crippen LogP contribution in [0, 0.1) is 5.82 Å². The second-order valence-electron chi connectivity index (χ2n) is 2.97. The summed E-state index contributed by atoms with van der Waals surface area (Å²) in [6.07, 6.45) is 2.79. The molecule has 0 saturated carbocycles. The van der Waals surface area contributed by atoms with Gasteiger partial charge in [0.25, 0.3) is 0 Å². The molecule has 0 unspecified atom stereocenters. The number of hydrogen-bond donors (Lipinski definition) is 2. The number of carbonyl (C=O) groups is 1. The molecule has 0 atom stereocenters. The maximum atomic E-state index is 13.3. The minimum Gasteiger partial charge on any atom is -0.478 e. The Morgan fingerprint density at radius 2 is 2.25 bits per heavy atom. The van der Waals surface area contributed by atoms with Gasteiger partial charge in [-0.15, -0.1) is 0 Å². The molecule has 0 bridgehead atoms. The van der Waals surface area contributed by atoms with Gasteiger partial charge in [0, 0.05) is 12.6 Å². The van der Waals surface area contributed by atoms with Crippen LogP contribution >= 0.6 is 0 Å². The van der Waals surface area contributed by atoms with Gasteiger partial charge in [0.2, 0.25) is 0 Å². The van der Waals surface area contributed by atoms with Crippen molar-refractivity contribution in [2.45, 2.75) is 0 Å². The Bertz CT molecular complexity index is 467. The van der Waals surface area contributed by atoms with Crippen LogP contribution in [0.3, 0.4) is 0 Å². The monoisotopic (exact) mass is 222 g/mol. The van der Waals surface area contributed by atoms with E-state index in [0.717, 1.165) is 6.07 Å². The number of allylic oxidation sites excluding steroid dienone is 1. The molecular formula is C11H11FN2O2. The summed E-state index contributed by atoms with van der Waals surface area (Å²) in [5.74, 6) is -2.09. The summed E-state index contributed by atoms with van der Waals surface area (Å²) in [6, 6.07) is 3.79. The minimum atomic E-state index is -1.30. The van der Waals surface area contributed by atoms with E-state index in [0.29, 0.717) is 11.3 Å². The molecule has 5 heteroatoms. The Morgan fingerprint density at radius 1 is 1.56 bits per heavy atom. The number of carboxylic acids is 1. The first-order valence-corrected chi connectivity index (χ1v) is 4.48. The van der Waals surface area contributed by atoms with E-state index in [1.165, 1.54) is 24.4 Å². The Morgan fingerprint density at radius 3 is 2.69 bits per heavy atom. The zero-order chi connectivity index (χ0) is 12.1. The molecule has 1 aromatic rings. The van der Waals surface area contributed by atoms with Gasteiger partial charge in [-0.25, -0.2) is 9.18 Å². The van der Waals surface area contributed by atoms with E-state index < -0.39 is 11.8 Å². The fourth-order valence-electron chi connectivity index (χ4n) is 1.24. The Hall–Kier alpha value is -2.17. The van der Waals surface area contributed by atoms with Crippen molar-refractivity contribution in [1.82, 2.24) is 0 Å². The van der Waals surface area contributed by atoms with Gasteiger partial charge in [0.05, 0.1) is 11.3 Å². The molecule has 16 heavy (non-hydrogen) atoms. The van der Waals surface area contributed by atoms with Crippen LogP contribution in [-0.4, -0.2) is 23.8 Å². The third-order valence-corrected chi connectivity index (χ3v) is 1.99. The summed E-state index contributed by atoms with van der Waals surface area (Å²) in [6.45, 7) is 0. The molecule has 0 aliphatic carbocycles. The van der Waals surface area contributed by atoms with Crippen LogP contribution in [0.1, 0.15) is 15.9 Å². The van der Waals surface area contributed by atoms with Crippen molar-refractivity contribution in [3.8, 4) is 0 Å². The van der Waals surface area contributed by atoms with Crippen LogP contribution in [0.25, 0.3) is 0 Å². The van der Waals surface area contributed by atoms with Crippen molar-refractivity contribution in [3.63, 3.8) is 0 Å². The highest BCUT2D eigenvalue weighted by Gasteiger charge is 2.11. The smallest absolute Gasteiger partial charge is 0.338 e. The van der Waals surface area contributed by atoms with Crippen molar-refractivity contribution in [1.29, 1.82) is 0 Å². The molecule has 4 nitrogen and oxygen atoms in total. The molecule has 84 valence electrons. The number of nitrogens with zero attached hydrogens (tertiary/aromatic N) is 1. The van der Waals surface area contributed by atoms with Crippen LogP contribution in [0.5, 0.6) is 0 Å². The molecule has 0 aromatic heterocycles. The van der Waals surface area contributed by atoms with E-state index in [1.807, 2.05) is 0 Å². The predicted molar refractivity (Wildman–Crippen MR) is 59.1 cm³/mol. The largest absolute Gasteiger partial charge is 0.478 e. The van der Waals surface area contributed by atoms with Crippen molar-refractivity contribution in [2.24, 2.45) is 10.7 Å². The van der Waals surface area contributed by atoms with Crippen LogP contribution in [0.4, 0.5) is 4.39 Å². The third kappa shape index (κ3) is 2.44. The van der Waals surface area contributed by atoms with E-state index in [4.69, 9.17) is 10.8 Å². The zero-order valence-corrected chi connectivity index (χ0v) is 8.64. The normalized spacial score (nSPS) is 12.0. The number of aromatic carboxylic acids is 1. The fraction of sp³-hybridized carbons (Fsp3) is 0.0909. The van der Waals surface area contributed by atoms with Crippen molar-refractivity contribution < 1.29 is 14.3 Å². The van der Waals surface area contributed by atoms with E-state index >= 15 is 0 Å². The van der Waals surface area contributed by atoms with Gasteiger partial charge < -0.3 is 10.8 Å². The van der Waals surface area contributed by atoms with Crippen LogP contribution < -0.4 is 5.73 Å². The van der Waals surface area contributed by atoms with Gasteiger partial charge in [-0.2, -0.15) is 0 Å². The Labute approximate surface area is 91.9 Å². The zero-order valence-electron chi connectivity index (χ0n) is 8.64. The van der Waals surface area contributed by atoms with Crippen LogP contribution in [0.2, 0.25) is 0 Å². The molecule has 3 N–H and O–H groups in total. The van der Waals surface area contributed by atoms with Gasteiger partial charge in [0.1, 0.15) is 5.82 Å². The number of aliphatic imine (C=N–C) groups is 1. The number of nitrogens with two attached hydrogens (primary N) is 1. The average molecular weight is 222 g/mol. The quantitative estimate of drug-likeness (QED) is 0.759. The van der Waals surface area contributed by atoms with Crippen molar-refractivity contribution in [3.05, 3.63) is 47.4 Å². The molecular weight excluding hydrogens is 211 g/mol. The van der Waals surface area contributed by atoms with Crippen molar-refractivity contribution in [2.75, 3.05) is 7.05 Å². The highest BCUT2D eigenvalue weighted by atomic mass is 19.1. The van der Waals surface area contributed by atoms with E-state index in [9.17, 15) is 9.18 Å². The number of rotatable bonds is 3. The molecule has 0 heterocycles. The summed E-state index contributed by atoms with van der Waals surface area (Å²) in [5, 5.41) is 8.65. The molecule has 1 aromatic carbocycles. The Kier molecular flexibility index (Phi) is 3.77. The first-order valence-electron chi connectivity index (χ1n) is 4.48. The standard InChI is InChI=1S/C11H11FN2O2/c1-14-10(4-5-13)7-2-3-8(11(15)16)9(12)6-7/h2-6H,13H2,1H3,(H,15,16). The molecule has 1 rings (SSSR count). The second-order valence-corrected chi connectivity index (χ2v) is 2.97. The van der Waals surface area contributed by atoms with E-state index in [-0.39, 0.29) is 5.56 Å². The van der Waals surface area contributed by atoms with Gasteiger partial charge in [-0.05, 0) is 24.4 Å². The van der Waals surface area contributed by atoms with Gasteiger partial charge in [0.15, 0.2) is 0 Å². The number of carboxylic acid groups (broad SMARTS) is 1. The molecule has 0 aliphatic heterocycles. The molecule has 0 aliphatic rings. The summed E-state index contributed by atoms with van der Waals surface area (Å²) in [4.78, 5) is 14.5. The summed E-state index contributed by atoms with van der Waals surface area (Å²) in [7, 11) is 1.54. The summed E-state index contributed by atoms with van der Waals surface area (Å²) < 4.78 is 13.3. The van der Waals surface area contributed by atoms with Crippen LogP contribution in [-0.2, 0) is 0 Å². The van der Waals surface area contributed by atoms with Crippen molar-refractivity contribution >= 4 is 11.7 Å². The highest BCUT2D eigenvalue weighted by Crippen LogP contribution is 2.12. The van der Waals surface area contributed by atoms with Crippen LogP contribution in [0.15, 0.2) is 35.5 Å². The fourth-order valence-corrected chi connectivity index (χ4v) is 1.24. The first kappa shape index (κ1) is 11.9. The molecule has 0 spiro atoms. The number of halogens is 1. The molecule has 0 fully saturated rings. The maximum Gasteiger partial charge on any atom is 0.338 e. The Balaban J connectivity index is 3.20.